The number of nitrogens with zero attached hydrogens (tertiary/aromatic N) is 4. The molecule has 1 aromatic carbocycles. The van der Waals surface area contributed by atoms with Gasteiger partial charge in [-0.3, -0.25) is 24.7 Å². The Kier molecular flexibility index (Phi) is 8.40. The van der Waals surface area contributed by atoms with E-state index < -0.39 is 65.2 Å². The second-order valence-corrected chi connectivity index (χ2v) is 9.70. The maximum absolute atomic E-state index is 13.4. The van der Waals surface area contributed by atoms with E-state index in [9.17, 15) is 41.2 Å². The number of rotatable bonds is 9. The Hall–Kier alpha value is -3.69. The predicted octanol–water partition coefficient (Wildman–Crippen LogP) is 2.38. The average Bonchev–Trinajstić information content (AvgIpc) is 2.87. The molecule has 2 aromatic rings. The summed E-state index contributed by atoms with van der Waals surface area (Å²) in [6.45, 7) is 0.569. The molecule has 11 nitrogen and oxygen atoms in total. The lowest BCUT2D eigenvalue weighted by Crippen LogP contribution is -2.51. The molecule has 1 aliphatic heterocycles. The molecule has 2 N–H and O–H groups in total. The van der Waals surface area contributed by atoms with Crippen LogP contribution < -0.4 is 5.48 Å². The number of aliphatic imine (C=N–C) groups is 1. The third-order valence-electron chi connectivity index (χ3n) is 5.58. The van der Waals surface area contributed by atoms with Crippen LogP contribution in [0.4, 0.5) is 18.0 Å². The minimum Gasteiger partial charge on any atom is -0.289 e. The Morgan fingerprint density at radius 2 is 1.73 bits per heavy atom. The molecule has 0 saturated heterocycles. The second-order valence-electron chi connectivity index (χ2n) is 7.81. The van der Waals surface area contributed by atoms with Crippen LogP contribution in [0.2, 0.25) is 0 Å². The second kappa shape index (κ2) is 11.1. The van der Waals surface area contributed by atoms with Crippen molar-refractivity contribution in [3.63, 3.8) is 0 Å². The quantitative estimate of drug-likeness (QED) is 0.366. The number of hydroxylamine groups is 1. The zero-order valence-electron chi connectivity index (χ0n) is 19.3. The van der Waals surface area contributed by atoms with E-state index in [-0.39, 0.29) is 11.4 Å². The molecule has 1 atom stereocenters. The minimum absolute atomic E-state index is 0.174. The van der Waals surface area contributed by atoms with Gasteiger partial charge in [0, 0.05) is 25.5 Å². The van der Waals surface area contributed by atoms with Gasteiger partial charge in [0.15, 0.2) is 0 Å². The number of likely N-dealkylation sites (N-methyl/N-ethyl adjacent to an activating group) is 1. The lowest BCUT2D eigenvalue weighted by atomic mass is 10.1. The highest BCUT2D eigenvalue weighted by Crippen LogP contribution is 2.26. The van der Waals surface area contributed by atoms with E-state index in [1.165, 1.54) is 24.5 Å². The first kappa shape index (κ1) is 27.9. The summed E-state index contributed by atoms with van der Waals surface area (Å²) < 4.78 is 66.0. The van der Waals surface area contributed by atoms with E-state index in [0.717, 1.165) is 9.87 Å². The number of pyridine rings is 1. The fourth-order valence-electron chi connectivity index (χ4n) is 3.73. The lowest BCUT2D eigenvalue weighted by molar-refractivity contribution is -0.134. The van der Waals surface area contributed by atoms with Gasteiger partial charge in [-0.2, -0.15) is 22.5 Å². The van der Waals surface area contributed by atoms with Crippen molar-refractivity contribution in [2.24, 2.45) is 4.99 Å². The molecule has 0 radical (unpaired) electrons. The number of urea groups is 1. The van der Waals surface area contributed by atoms with Crippen LogP contribution in [0.5, 0.6) is 0 Å². The van der Waals surface area contributed by atoms with Crippen LogP contribution in [0.1, 0.15) is 19.8 Å². The molecule has 37 heavy (non-hydrogen) atoms. The number of carbonyl (C=O) groups is 3. The normalized spacial score (nSPS) is 15.5. The molecule has 0 aliphatic carbocycles. The fourth-order valence-corrected chi connectivity index (χ4v) is 5.36. The Morgan fingerprint density at radius 3 is 2.24 bits per heavy atom. The molecule has 1 aromatic heterocycles. The van der Waals surface area contributed by atoms with Crippen molar-refractivity contribution >= 4 is 33.6 Å². The standard InChI is InChI=1S/C22H22F3N5O6S/c1-2-30(37(35,36)16-5-3-14(4-6-16)15-7-10-26-11-8-15)17(20(32)28-34)9-12-29-19(31)13-18(22(23,24)25)27-21(29)33/h3-8,10-11,17,34H,2,9,12-13H2,1H3,(H,28,32). The molecule has 0 fully saturated rings. The Labute approximate surface area is 209 Å². The van der Waals surface area contributed by atoms with Crippen molar-refractivity contribution < 1.29 is 41.2 Å². The number of imide groups is 1. The molecule has 15 heteroatoms. The van der Waals surface area contributed by atoms with Crippen LogP contribution in [0.25, 0.3) is 11.1 Å². The number of alkyl halides is 3. The van der Waals surface area contributed by atoms with Crippen LogP contribution in [-0.4, -0.2) is 76.7 Å². The van der Waals surface area contributed by atoms with Crippen LogP contribution in [0, 0.1) is 0 Å². The molecular formula is C22H22F3N5O6S. The topological polar surface area (TPSA) is 149 Å². The van der Waals surface area contributed by atoms with E-state index in [0.29, 0.717) is 10.5 Å². The Morgan fingerprint density at radius 1 is 1.14 bits per heavy atom. The molecule has 0 saturated carbocycles. The SMILES string of the molecule is CCN(C(CCN1C(=O)CC(C(F)(F)F)=NC1=O)C(=O)NO)S(=O)(=O)c1ccc(-c2ccncc2)cc1. The first-order valence-corrected chi connectivity index (χ1v) is 12.3. The van der Waals surface area contributed by atoms with Crippen molar-refractivity contribution in [1.82, 2.24) is 19.7 Å². The molecule has 0 bridgehead atoms. The van der Waals surface area contributed by atoms with Gasteiger partial charge in [-0.15, -0.1) is 0 Å². The summed E-state index contributed by atoms with van der Waals surface area (Å²) in [6.07, 6.45) is -3.50. The number of carbonyl (C=O) groups excluding carboxylic acids is 3. The highest BCUT2D eigenvalue weighted by Gasteiger charge is 2.43. The maximum atomic E-state index is 13.4. The first-order valence-electron chi connectivity index (χ1n) is 10.9. The van der Waals surface area contributed by atoms with Gasteiger partial charge >= 0.3 is 12.2 Å². The number of hydrogen-bond acceptors (Lipinski definition) is 7. The number of hydrogen-bond donors (Lipinski definition) is 2. The summed E-state index contributed by atoms with van der Waals surface area (Å²) in [6, 6.07) is 6.14. The highest BCUT2D eigenvalue weighted by molar-refractivity contribution is 7.89. The van der Waals surface area contributed by atoms with Crippen LogP contribution >= 0.6 is 0 Å². The van der Waals surface area contributed by atoms with E-state index in [2.05, 4.69) is 9.98 Å². The van der Waals surface area contributed by atoms with Crippen molar-refractivity contribution in [3.8, 4) is 11.1 Å². The van der Waals surface area contributed by atoms with Crippen molar-refractivity contribution in [1.29, 1.82) is 0 Å². The molecule has 1 unspecified atom stereocenters. The van der Waals surface area contributed by atoms with Gasteiger partial charge in [-0.25, -0.2) is 18.7 Å². The van der Waals surface area contributed by atoms with Gasteiger partial charge in [0.05, 0.1) is 11.3 Å². The molecule has 198 valence electrons. The average molecular weight is 542 g/mol. The third-order valence-corrected chi connectivity index (χ3v) is 7.58. The number of halogens is 3. The van der Waals surface area contributed by atoms with E-state index in [1.54, 1.807) is 36.7 Å². The minimum atomic E-state index is -4.96. The van der Waals surface area contributed by atoms with E-state index in [4.69, 9.17) is 0 Å². The number of nitrogens with one attached hydrogen (secondary N) is 1. The summed E-state index contributed by atoms with van der Waals surface area (Å²) in [7, 11) is -4.33. The highest BCUT2D eigenvalue weighted by atomic mass is 32.2. The van der Waals surface area contributed by atoms with Crippen molar-refractivity contribution in [2.75, 3.05) is 13.1 Å². The van der Waals surface area contributed by atoms with Crippen molar-refractivity contribution in [3.05, 3.63) is 48.8 Å². The van der Waals surface area contributed by atoms with E-state index in [1.807, 2.05) is 0 Å². The van der Waals surface area contributed by atoms with Gasteiger partial charge in [0.2, 0.25) is 15.9 Å². The monoisotopic (exact) mass is 541 g/mol. The Balaban J connectivity index is 1.84. The molecule has 1 aliphatic rings. The van der Waals surface area contributed by atoms with Gasteiger partial charge < -0.3 is 0 Å². The van der Waals surface area contributed by atoms with Gasteiger partial charge in [-0.1, -0.05) is 19.1 Å². The summed E-state index contributed by atoms with van der Waals surface area (Å²) in [5.41, 5.74) is 1.30. The Bertz CT molecular complexity index is 1300. The van der Waals surface area contributed by atoms with Gasteiger partial charge in [-0.05, 0) is 41.8 Å². The van der Waals surface area contributed by atoms with Crippen LogP contribution in [0.15, 0.2) is 58.7 Å². The maximum Gasteiger partial charge on any atom is 0.430 e. The van der Waals surface area contributed by atoms with Crippen LogP contribution in [-0.2, 0) is 19.6 Å². The fraction of sp³-hybridized carbons (Fsp3) is 0.318. The summed E-state index contributed by atoms with van der Waals surface area (Å²) in [5, 5.41) is 9.19. The molecular weight excluding hydrogens is 519 g/mol. The van der Waals surface area contributed by atoms with Crippen molar-refractivity contribution in [2.45, 2.75) is 36.9 Å². The van der Waals surface area contributed by atoms with Gasteiger partial charge in [0.1, 0.15) is 11.8 Å². The summed E-state index contributed by atoms with van der Waals surface area (Å²) >= 11 is 0. The van der Waals surface area contributed by atoms with Gasteiger partial charge in [0.25, 0.3) is 5.91 Å². The molecule has 0 spiro atoms. The third kappa shape index (κ3) is 6.18. The summed E-state index contributed by atoms with van der Waals surface area (Å²) in [5.74, 6) is -2.36. The first-order chi connectivity index (χ1) is 17.4. The number of amides is 4. The molecule has 4 amide bonds. The van der Waals surface area contributed by atoms with Crippen LogP contribution in [0.3, 0.4) is 0 Å². The lowest BCUT2D eigenvalue weighted by Gasteiger charge is -2.30. The zero-order valence-corrected chi connectivity index (χ0v) is 20.2. The number of sulfonamides is 1. The molecule has 2 heterocycles. The summed E-state index contributed by atoms with van der Waals surface area (Å²) in [4.78, 5) is 43.7. The molecule has 3 rings (SSSR count). The number of benzene rings is 1. The number of aromatic nitrogens is 1. The van der Waals surface area contributed by atoms with E-state index >= 15 is 0 Å². The smallest absolute Gasteiger partial charge is 0.289 e. The zero-order chi connectivity index (χ0) is 27.4. The predicted molar refractivity (Wildman–Crippen MR) is 123 cm³/mol. The largest absolute Gasteiger partial charge is 0.430 e.